The first-order valence-corrected chi connectivity index (χ1v) is 6.37. The van der Waals surface area contributed by atoms with Crippen molar-refractivity contribution in [3.8, 4) is 11.8 Å². The summed E-state index contributed by atoms with van der Waals surface area (Å²) in [5.41, 5.74) is 0.486. The largest absolute Gasteiger partial charge is 0.482 e. The van der Waals surface area contributed by atoms with Gasteiger partial charge in [-0.15, -0.1) is 0 Å². The SMILES string of the molecule is CC(=O)c1ccc(OCC(=O)N(C)CCC#N)c(Cl)c1. The molecule has 1 aromatic carbocycles. The van der Waals surface area contributed by atoms with Crippen LogP contribution in [0.2, 0.25) is 5.02 Å². The summed E-state index contributed by atoms with van der Waals surface area (Å²) in [5.74, 6) is 0.0106. The molecule has 1 rings (SSSR count). The van der Waals surface area contributed by atoms with Crippen LogP contribution in [0, 0.1) is 11.3 Å². The molecule has 0 saturated heterocycles. The minimum atomic E-state index is -0.244. The smallest absolute Gasteiger partial charge is 0.260 e. The quantitative estimate of drug-likeness (QED) is 0.755. The second kappa shape index (κ2) is 7.51. The van der Waals surface area contributed by atoms with E-state index in [-0.39, 0.29) is 29.7 Å². The molecule has 0 aliphatic heterocycles. The van der Waals surface area contributed by atoms with Gasteiger partial charge in [-0.1, -0.05) is 11.6 Å². The molecule has 0 fully saturated rings. The summed E-state index contributed by atoms with van der Waals surface area (Å²) < 4.78 is 5.32. The zero-order chi connectivity index (χ0) is 15.1. The predicted molar refractivity (Wildman–Crippen MR) is 74.8 cm³/mol. The Morgan fingerprint density at radius 3 is 2.70 bits per heavy atom. The van der Waals surface area contributed by atoms with Crippen LogP contribution in [0.25, 0.3) is 0 Å². The van der Waals surface area contributed by atoms with Crippen molar-refractivity contribution < 1.29 is 14.3 Å². The van der Waals surface area contributed by atoms with Crippen LogP contribution in [0.4, 0.5) is 0 Å². The highest BCUT2D eigenvalue weighted by atomic mass is 35.5. The van der Waals surface area contributed by atoms with E-state index in [9.17, 15) is 9.59 Å². The van der Waals surface area contributed by atoms with E-state index in [1.165, 1.54) is 17.9 Å². The minimum absolute atomic E-state index is 0.0919. The molecule has 0 aliphatic carbocycles. The normalized spacial score (nSPS) is 9.70. The molecule has 0 spiro atoms. The zero-order valence-corrected chi connectivity index (χ0v) is 12.1. The average molecular weight is 295 g/mol. The molecule has 20 heavy (non-hydrogen) atoms. The van der Waals surface area contributed by atoms with Gasteiger partial charge in [0.1, 0.15) is 5.75 Å². The summed E-state index contributed by atoms with van der Waals surface area (Å²) in [5, 5.41) is 8.73. The van der Waals surface area contributed by atoms with Crippen LogP contribution < -0.4 is 4.74 Å². The van der Waals surface area contributed by atoms with Crippen LogP contribution in [0.1, 0.15) is 23.7 Å². The fraction of sp³-hybridized carbons (Fsp3) is 0.357. The Bertz CT molecular complexity index is 552. The van der Waals surface area contributed by atoms with Gasteiger partial charge in [0, 0.05) is 19.2 Å². The number of rotatable bonds is 6. The molecule has 0 aliphatic rings. The molecule has 0 unspecified atom stereocenters. The Hall–Kier alpha value is -2.06. The number of hydrogen-bond donors (Lipinski definition) is 0. The highest BCUT2D eigenvalue weighted by Crippen LogP contribution is 2.25. The standard InChI is InChI=1S/C14H15ClN2O3/c1-10(18)11-4-5-13(12(15)8-11)20-9-14(19)17(2)7-3-6-16/h4-5,8H,3,7,9H2,1-2H3. The Morgan fingerprint density at radius 1 is 1.45 bits per heavy atom. The highest BCUT2D eigenvalue weighted by Gasteiger charge is 2.11. The van der Waals surface area contributed by atoms with Crippen LogP contribution in [0.3, 0.4) is 0 Å². The predicted octanol–water partition coefficient (Wildman–Crippen LogP) is 2.29. The summed E-state index contributed by atoms with van der Waals surface area (Å²) in [6, 6.07) is 6.62. The lowest BCUT2D eigenvalue weighted by atomic mass is 10.1. The van der Waals surface area contributed by atoms with Crippen molar-refractivity contribution in [1.29, 1.82) is 5.26 Å². The van der Waals surface area contributed by atoms with E-state index in [2.05, 4.69) is 0 Å². The first-order valence-electron chi connectivity index (χ1n) is 6.00. The van der Waals surface area contributed by atoms with E-state index < -0.39 is 0 Å². The van der Waals surface area contributed by atoms with Gasteiger partial charge in [-0.2, -0.15) is 5.26 Å². The molecule has 0 bridgehead atoms. The fourth-order valence-corrected chi connectivity index (χ4v) is 1.66. The number of ether oxygens (including phenoxy) is 1. The minimum Gasteiger partial charge on any atom is -0.482 e. The lowest BCUT2D eigenvalue weighted by Gasteiger charge is -2.16. The van der Waals surface area contributed by atoms with Gasteiger partial charge in [0.15, 0.2) is 12.4 Å². The first-order chi connectivity index (χ1) is 9.45. The molecule has 0 aromatic heterocycles. The molecule has 0 atom stereocenters. The first kappa shape index (κ1) is 16.0. The molecule has 5 nitrogen and oxygen atoms in total. The van der Waals surface area contributed by atoms with E-state index in [4.69, 9.17) is 21.6 Å². The molecule has 0 saturated carbocycles. The molecule has 1 aromatic rings. The number of carbonyl (C=O) groups excluding carboxylic acids is 2. The lowest BCUT2D eigenvalue weighted by molar-refractivity contribution is -0.131. The maximum atomic E-state index is 11.7. The van der Waals surface area contributed by atoms with Crippen molar-refractivity contribution in [3.05, 3.63) is 28.8 Å². The summed E-state index contributed by atoms with van der Waals surface area (Å²) in [7, 11) is 1.60. The third kappa shape index (κ3) is 4.56. The Labute approximate surface area is 122 Å². The van der Waals surface area contributed by atoms with E-state index in [1.54, 1.807) is 19.2 Å². The molecular formula is C14H15ClN2O3. The van der Waals surface area contributed by atoms with Crippen LogP contribution >= 0.6 is 11.6 Å². The fourth-order valence-electron chi connectivity index (χ4n) is 1.43. The number of carbonyl (C=O) groups is 2. The van der Waals surface area contributed by atoms with Crippen molar-refractivity contribution >= 4 is 23.3 Å². The number of likely N-dealkylation sites (N-methyl/N-ethyl adjacent to an activating group) is 1. The van der Waals surface area contributed by atoms with Gasteiger partial charge in [-0.25, -0.2) is 0 Å². The number of Topliss-reactive ketones (excluding diaryl/α,β-unsaturated/α-hetero) is 1. The maximum absolute atomic E-state index is 11.7. The molecular weight excluding hydrogens is 280 g/mol. The second-order valence-electron chi connectivity index (χ2n) is 4.21. The summed E-state index contributed by atoms with van der Waals surface area (Å²) in [6.45, 7) is 1.64. The molecule has 1 amide bonds. The van der Waals surface area contributed by atoms with Crippen LogP contribution in [0.15, 0.2) is 18.2 Å². The van der Waals surface area contributed by atoms with Crippen molar-refractivity contribution in [2.45, 2.75) is 13.3 Å². The van der Waals surface area contributed by atoms with Gasteiger partial charge in [-0.3, -0.25) is 9.59 Å². The Kier molecular flexibility index (Phi) is 6.01. The Balaban J connectivity index is 2.60. The van der Waals surface area contributed by atoms with Crippen molar-refractivity contribution in [3.63, 3.8) is 0 Å². The van der Waals surface area contributed by atoms with Gasteiger partial charge >= 0.3 is 0 Å². The van der Waals surface area contributed by atoms with E-state index in [1.807, 2.05) is 6.07 Å². The second-order valence-corrected chi connectivity index (χ2v) is 4.62. The maximum Gasteiger partial charge on any atom is 0.260 e. The average Bonchev–Trinajstić information content (AvgIpc) is 2.42. The number of hydrogen-bond acceptors (Lipinski definition) is 4. The third-order valence-electron chi connectivity index (χ3n) is 2.67. The van der Waals surface area contributed by atoms with Crippen LogP contribution in [-0.2, 0) is 4.79 Å². The van der Waals surface area contributed by atoms with Crippen molar-refractivity contribution in [2.24, 2.45) is 0 Å². The number of ketones is 1. The zero-order valence-electron chi connectivity index (χ0n) is 11.4. The molecule has 6 heteroatoms. The van der Waals surface area contributed by atoms with Gasteiger partial charge < -0.3 is 9.64 Å². The molecule has 0 heterocycles. The summed E-state index contributed by atoms with van der Waals surface area (Å²) in [4.78, 5) is 24.3. The lowest BCUT2D eigenvalue weighted by Crippen LogP contribution is -2.32. The van der Waals surface area contributed by atoms with Crippen LogP contribution in [-0.4, -0.2) is 36.8 Å². The van der Waals surface area contributed by atoms with Crippen molar-refractivity contribution in [1.82, 2.24) is 4.90 Å². The summed E-state index contributed by atoms with van der Waals surface area (Å²) >= 11 is 5.97. The van der Waals surface area contributed by atoms with Gasteiger partial charge in [0.25, 0.3) is 5.91 Å². The number of amides is 1. The topological polar surface area (TPSA) is 70.4 Å². The Morgan fingerprint density at radius 2 is 2.15 bits per heavy atom. The van der Waals surface area contributed by atoms with E-state index in [0.717, 1.165) is 0 Å². The van der Waals surface area contributed by atoms with Crippen LogP contribution in [0.5, 0.6) is 5.75 Å². The van der Waals surface area contributed by atoms with E-state index >= 15 is 0 Å². The molecule has 0 radical (unpaired) electrons. The number of benzene rings is 1. The van der Waals surface area contributed by atoms with Gasteiger partial charge in [0.2, 0.25) is 0 Å². The number of nitriles is 1. The third-order valence-corrected chi connectivity index (χ3v) is 2.97. The molecule has 106 valence electrons. The van der Waals surface area contributed by atoms with Crippen molar-refractivity contribution in [2.75, 3.05) is 20.2 Å². The molecule has 0 N–H and O–H groups in total. The monoisotopic (exact) mass is 294 g/mol. The van der Waals surface area contributed by atoms with Gasteiger partial charge in [-0.05, 0) is 25.1 Å². The number of halogens is 1. The summed E-state index contributed by atoms with van der Waals surface area (Å²) in [6.07, 6.45) is 0.274. The van der Waals surface area contributed by atoms with E-state index in [0.29, 0.717) is 17.9 Å². The highest BCUT2D eigenvalue weighted by molar-refractivity contribution is 6.32. The number of nitrogens with zero attached hydrogens (tertiary/aromatic N) is 2. The van der Waals surface area contributed by atoms with Gasteiger partial charge in [0.05, 0.1) is 17.5 Å².